The van der Waals surface area contributed by atoms with Crippen molar-refractivity contribution in [2.75, 3.05) is 32.4 Å². The van der Waals surface area contributed by atoms with Gasteiger partial charge < -0.3 is 25.9 Å². The number of aryl methyl sites for hydroxylation is 1. The van der Waals surface area contributed by atoms with Crippen LogP contribution in [0.25, 0.3) is 0 Å². The lowest BCUT2D eigenvalue weighted by atomic mass is 10.1. The predicted molar refractivity (Wildman–Crippen MR) is 130 cm³/mol. The number of nitrogens with zero attached hydrogens (tertiary/aromatic N) is 2. The van der Waals surface area contributed by atoms with Crippen LogP contribution in [0.15, 0.2) is 47.6 Å². The van der Waals surface area contributed by atoms with Crippen molar-refractivity contribution in [3.05, 3.63) is 64.7 Å². The molecular weight excluding hydrogens is 475 g/mol. The lowest BCUT2D eigenvalue weighted by molar-refractivity contribution is 0.0792. The van der Waals surface area contributed by atoms with Gasteiger partial charge >= 0.3 is 7.60 Å². The van der Waals surface area contributed by atoms with Crippen molar-refractivity contribution >= 4 is 25.2 Å². The number of amides is 2. The number of ether oxygens (including phenoxy) is 1. The molecule has 0 aliphatic carbocycles. The SMILES string of the molecule is N/C(=N/O)c1ccc(CCP(O)(O)=[OH+])c(OCCNC(=O)c2ccc(C(=O)N3CCCC3)cc2)c1. The Morgan fingerprint density at radius 1 is 1.09 bits per heavy atom. The van der Waals surface area contributed by atoms with Gasteiger partial charge in [-0.05, 0) is 55.2 Å². The summed E-state index contributed by atoms with van der Waals surface area (Å²) in [6, 6.07) is 11.2. The zero-order chi connectivity index (χ0) is 25.4. The van der Waals surface area contributed by atoms with Crippen LogP contribution in [0, 0.1) is 0 Å². The largest absolute Gasteiger partial charge is 0.496 e. The zero-order valence-electron chi connectivity index (χ0n) is 19.1. The van der Waals surface area contributed by atoms with Gasteiger partial charge in [0.25, 0.3) is 11.8 Å². The molecule has 7 N–H and O–H groups in total. The second kappa shape index (κ2) is 11.8. The second-order valence-corrected chi connectivity index (χ2v) is 9.99. The van der Waals surface area contributed by atoms with E-state index in [1.165, 1.54) is 6.07 Å². The molecule has 1 saturated heterocycles. The van der Waals surface area contributed by atoms with Gasteiger partial charge in [-0.3, -0.25) is 23.9 Å². The third-order valence-corrected chi connectivity index (χ3v) is 6.41. The number of nitrogens with one attached hydrogen (secondary N) is 1. The quantitative estimate of drug-likeness (QED) is 0.0617. The lowest BCUT2D eigenvalue weighted by Crippen LogP contribution is -2.29. The van der Waals surface area contributed by atoms with E-state index in [2.05, 4.69) is 10.5 Å². The maximum absolute atomic E-state index is 12.5. The molecule has 2 aromatic rings. The second-order valence-electron chi connectivity index (χ2n) is 8.15. The van der Waals surface area contributed by atoms with Crippen molar-refractivity contribution in [3.63, 3.8) is 0 Å². The Morgan fingerprint density at radius 3 is 2.34 bits per heavy atom. The number of carbonyl (C=O) groups is 2. The fraction of sp³-hybridized carbons (Fsp3) is 0.348. The average Bonchev–Trinajstić information content (AvgIpc) is 3.39. The highest BCUT2D eigenvalue weighted by Gasteiger charge is 2.23. The number of rotatable bonds is 10. The topological polar surface area (TPSA) is 179 Å². The summed E-state index contributed by atoms with van der Waals surface area (Å²) in [6.07, 6.45) is 1.89. The van der Waals surface area contributed by atoms with Crippen molar-refractivity contribution < 1.29 is 33.9 Å². The fourth-order valence-corrected chi connectivity index (χ4v) is 4.22. The van der Waals surface area contributed by atoms with E-state index in [1.807, 2.05) is 0 Å². The molecular formula is C23H30N4O7P+. The molecule has 3 rings (SSSR count). The van der Waals surface area contributed by atoms with Gasteiger partial charge in [0.05, 0.1) is 6.54 Å². The molecule has 0 radical (unpaired) electrons. The van der Waals surface area contributed by atoms with Crippen LogP contribution >= 0.6 is 7.60 Å². The fourth-order valence-electron chi connectivity index (χ4n) is 3.68. The molecule has 35 heavy (non-hydrogen) atoms. The Bertz CT molecular complexity index is 1130. The third-order valence-electron chi connectivity index (χ3n) is 5.58. The number of hydrogen-bond donors (Lipinski definition) is 5. The predicted octanol–water partition coefficient (Wildman–Crippen LogP) is 1.49. The molecule has 2 aromatic carbocycles. The standard InChI is InChI=1S/C23H29N4O7P/c24-21(26-30)19-8-3-16(9-14-35(31,32)33)20(15-19)34-13-10-25-22(28)17-4-6-18(7-5-17)23(29)27-11-1-2-12-27/h3-8,15,30H,1-2,9-14H2,(H2,24,26)(H,25,28)(H2,31,32,33)/p+1. The van der Waals surface area contributed by atoms with E-state index in [-0.39, 0.29) is 43.4 Å². The Hall–Kier alpha value is -3.40. The van der Waals surface area contributed by atoms with Crippen LogP contribution in [0.3, 0.4) is 0 Å². The number of oxime groups is 1. The van der Waals surface area contributed by atoms with Crippen molar-refractivity contribution in [3.8, 4) is 5.75 Å². The molecule has 1 aliphatic rings. The van der Waals surface area contributed by atoms with Crippen LogP contribution in [0.2, 0.25) is 0 Å². The number of carbonyl (C=O) groups excluding carboxylic acids is 2. The summed E-state index contributed by atoms with van der Waals surface area (Å²) in [5, 5.41) is 14.6. The molecule has 0 bridgehead atoms. The maximum atomic E-state index is 12.5. The minimum atomic E-state index is -3.96. The first-order chi connectivity index (χ1) is 16.7. The molecule has 12 heteroatoms. The first-order valence-corrected chi connectivity index (χ1v) is 13.0. The molecule has 0 atom stereocenters. The van der Waals surface area contributed by atoms with Crippen LogP contribution in [0.5, 0.6) is 5.75 Å². The molecule has 188 valence electrons. The van der Waals surface area contributed by atoms with Gasteiger partial charge in [-0.2, -0.15) is 0 Å². The normalized spacial score (nSPS) is 14.1. The number of likely N-dealkylation sites (tertiary alicyclic amines) is 1. The number of amidine groups is 1. The van der Waals surface area contributed by atoms with Crippen LogP contribution in [0.1, 0.15) is 44.7 Å². The third kappa shape index (κ3) is 7.54. The van der Waals surface area contributed by atoms with Gasteiger partial charge in [0.2, 0.25) is 0 Å². The van der Waals surface area contributed by atoms with Gasteiger partial charge in [-0.15, -0.1) is 0 Å². The van der Waals surface area contributed by atoms with Crippen molar-refractivity contribution in [2.45, 2.75) is 19.3 Å². The van der Waals surface area contributed by atoms with E-state index in [9.17, 15) is 23.9 Å². The summed E-state index contributed by atoms with van der Waals surface area (Å²) >= 11 is 0. The molecule has 1 aliphatic heterocycles. The van der Waals surface area contributed by atoms with E-state index in [0.29, 0.717) is 28.0 Å². The summed E-state index contributed by atoms with van der Waals surface area (Å²) < 4.78 is 15.0. The molecule has 1 heterocycles. The molecule has 1 fully saturated rings. The molecule has 0 aromatic heterocycles. The Morgan fingerprint density at radius 2 is 1.71 bits per heavy atom. The van der Waals surface area contributed by atoms with Gasteiger partial charge in [0, 0.05) is 29.8 Å². The number of benzene rings is 2. The summed E-state index contributed by atoms with van der Waals surface area (Å²) in [4.78, 5) is 45.2. The summed E-state index contributed by atoms with van der Waals surface area (Å²) in [6.45, 7) is 1.76. The van der Waals surface area contributed by atoms with E-state index >= 15 is 0 Å². The van der Waals surface area contributed by atoms with Crippen LogP contribution in [-0.2, 0) is 6.42 Å². The monoisotopic (exact) mass is 505 g/mol. The molecule has 0 unspecified atom stereocenters. The van der Waals surface area contributed by atoms with Crippen molar-refractivity contribution in [2.24, 2.45) is 10.9 Å². The van der Waals surface area contributed by atoms with E-state index in [1.54, 1.807) is 41.3 Å². The Balaban J connectivity index is 1.56. The van der Waals surface area contributed by atoms with Gasteiger partial charge in [0.15, 0.2) is 5.84 Å². The number of hydrogen-bond acceptors (Lipinski definition) is 5. The van der Waals surface area contributed by atoms with Crippen LogP contribution in [-0.4, -0.2) is 74.5 Å². The minimum Gasteiger partial charge on any atom is -0.491 e. The first kappa shape index (κ1) is 26.2. The average molecular weight is 505 g/mol. The first-order valence-electron chi connectivity index (χ1n) is 11.2. The highest BCUT2D eigenvalue weighted by molar-refractivity contribution is 7.51. The van der Waals surface area contributed by atoms with Crippen LogP contribution in [0.4, 0.5) is 0 Å². The van der Waals surface area contributed by atoms with E-state index in [0.717, 1.165) is 25.9 Å². The highest BCUT2D eigenvalue weighted by Crippen LogP contribution is 2.35. The van der Waals surface area contributed by atoms with Gasteiger partial charge in [0.1, 0.15) is 18.5 Å². The smallest absolute Gasteiger partial charge is 0.491 e. The van der Waals surface area contributed by atoms with E-state index in [4.69, 9.17) is 15.7 Å². The minimum absolute atomic E-state index is 0.0317. The molecule has 0 saturated carbocycles. The zero-order valence-corrected chi connectivity index (χ0v) is 20.0. The summed E-state index contributed by atoms with van der Waals surface area (Å²) in [5.74, 6) is -0.151. The summed E-state index contributed by atoms with van der Waals surface area (Å²) in [5.41, 5.74) is 7.55. The highest BCUT2D eigenvalue weighted by atomic mass is 31.2. The molecule has 2 amide bonds. The molecule has 0 spiro atoms. The Labute approximate surface area is 202 Å². The van der Waals surface area contributed by atoms with Crippen molar-refractivity contribution in [1.82, 2.24) is 10.2 Å². The van der Waals surface area contributed by atoms with E-state index < -0.39 is 7.60 Å². The number of nitrogens with two attached hydrogens (primary N) is 1. The van der Waals surface area contributed by atoms with Crippen LogP contribution < -0.4 is 15.8 Å². The van der Waals surface area contributed by atoms with Crippen molar-refractivity contribution in [1.29, 1.82) is 0 Å². The van der Waals surface area contributed by atoms with Gasteiger partial charge in [-0.25, -0.2) is 0 Å². The maximum Gasteiger partial charge on any atom is 0.496 e. The summed E-state index contributed by atoms with van der Waals surface area (Å²) in [7, 11) is -3.96. The Kier molecular flexibility index (Phi) is 8.86. The lowest BCUT2D eigenvalue weighted by Gasteiger charge is -2.15. The molecule has 11 nitrogen and oxygen atoms in total. The van der Waals surface area contributed by atoms with Gasteiger partial charge in [-0.1, -0.05) is 17.3 Å².